The van der Waals surface area contributed by atoms with Crippen LogP contribution in [0.25, 0.3) is 0 Å². The second-order valence-corrected chi connectivity index (χ2v) is 7.30. The molecule has 1 aliphatic rings. The molecule has 0 radical (unpaired) electrons. The summed E-state index contributed by atoms with van der Waals surface area (Å²) in [7, 11) is 1.31. The van der Waals surface area contributed by atoms with E-state index in [4.69, 9.17) is 14.2 Å². The Balaban J connectivity index is 1.93. The number of methoxy groups -OCH3 is 1. The first kappa shape index (κ1) is 23.1. The quantitative estimate of drug-likeness (QED) is 0.244. The smallest absolute Gasteiger partial charge is 0.196 e. The molecule has 1 saturated heterocycles. The van der Waals surface area contributed by atoms with E-state index in [0.29, 0.717) is 24.2 Å². The van der Waals surface area contributed by atoms with Gasteiger partial charge in [0.2, 0.25) is 0 Å². The third kappa shape index (κ3) is 6.70. The zero-order chi connectivity index (χ0) is 21.2. The van der Waals surface area contributed by atoms with Crippen LogP contribution in [-0.2, 0) is 9.47 Å². The lowest BCUT2D eigenvalue weighted by atomic mass is 9.90. The van der Waals surface area contributed by atoms with E-state index >= 15 is 0 Å². The predicted octanol–water partition coefficient (Wildman–Crippen LogP) is 6.78. The summed E-state index contributed by atoms with van der Waals surface area (Å²) in [6, 6.07) is 7.79. The monoisotopic (exact) mass is 406 g/mol. The zero-order valence-corrected chi connectivity index (χ0v) is 17.7. The molecule has 0 amide bonds. The van der Waals surface area contributed by atoms with Crippen molar-refractivity contribution in [1.29, 1.82) is 0 Å². The van der Waals surface area contributed by atoms with Gasteiger partial charge in [0, 0.05) is 11.5 Å². The maximum Gasteiger partial charge on any atom is 0.196 e. The first-order chi connectivity index (χ1) is 14.0. The summed E-state index contributed by atoms with van der Waals surface area (Å²) >= 11 is 0. The van der Waals surface area contributed by atoms with Crippen molar-refractivity contribution in [3.8, 4) is 5.75 Å². The van der Waals surface area contributed by atoms with Crippen molar-refractivity contribution in [1.82, 2.24) is 0 Å². The molecule has 29 heavy (non-hydrogen) atoms. The molecule has 3 nitrogen and oxygen atoms in total. The number of allylic oxidation sites excluding steroid dienone is 4. The van der Waals surface area contributed by atoms with Crippen molar-refractivity contribution in [3.05, 3.63) is 65.5 Å². The van der Waals surface area contributed by atoms with E-state index in [2.05, 4.69) is 6.58 Å². The lowest BCUT2D eigenvalue weighted by Crippen LogP contribution is -2.24. The van der Waals surface area contributed by atoms with E-state index in [1.54, 1.807) is 6.92 Å². The van der Waals surface area contributed by atoms with Gasteiger partial charge in [-0.25, -0.2) is 8.78 Å². The van der Waals surface area contributed by atoms with Crippen molar-refractivity contribution in [2.75, 3.05) is 20.3 Å². The fourth-order valence-electron chi connectivity index (χ4n) is 3.33. The van der Waals surface area contributed by atoms with Crippen LogP contribution in [-0.4, -0.2) is 26.4 Å². The maximum absolute atomic E-state index is 14.3. The number of hydrogen-bond donors (Lipinski definition) is 0. The van der Waals surface area contributed by atoms with E-state index in [1.807, 2.05) is 30.3 Å². The summed E-state index contributed by atoms with van der Waals surface area (Å²) in [5.74, 6) is -0.968. The molecule has 1 heterocycles. The highest BCUT2D eigenvalue weighted by molar-refractivity contribution is 5.31. The van der Waals surface area contributed by atoms with Crippen LogP contribution in [0, 0.1) is 0 Å². The standard InChI is InChI=1S/C24H32F2O3/c1-5-7-8-21-14-11-20(16-29-21)19-9-12-22(13-10-19)28-15-18(6-2)24(26)23(25)17(3)27-4/h5,9-10,12-13,20-21H,1,6-8,11,14-16H2,2-4H3/b23-17-,24-18-. The van der Waals surface area contributed by atoms with Crippen LogP contribution >= 0.6 is 0 Å². The summed E-state index contributed by atoms with van der Waals surface area (Å²) in [6.07, 6.45) is 6.79. The zero-order valence-electron chi connectivity index (χ0n) is 17.7. The van der Waals surface area contributed by atoms with Gasteiger partial charge in [-0.2, -0.15) is 0 Å². The molecule has 0 saturated carbocycles. The largest absolute Gasteiger partial charge is 0.498 e. The Morgan fingerprint density at radius 1 is 1.21 bits per heavy atom. The molecule has 1 aromatic carbocycles. The van der Waals surface area contributed by atoms with Crippen molar-refractivity contribution in [2.45, 2.75) is 58.0 Å². The average molecular weight is 407 g/mol. The number of ether oxygens (including phenoxy) is 3. The van der Waals surface area contributed by atoms with Crippen LogP contribution in [0.5, 0.6) is 5.75 Å². The molecule has 2 atom stereocenters. The van der Waals surface area contributed by atoms with Gasteiger partial charge in [-0.15, -0.1) is 6.58 Å². The van der Waals surface area contributed by atoms with E-state index in [1.165, 1.54) is 19.6 Å². The van der Waals surface area contributed by atoms with Crippen molar-refractivity contribution in [2.24, 2.45) is 0 Å². The van der Waals surface area contributed by atoms with Crippen LogP contribution in [0.3, 0.4) is 0 Å². The normalized spacial score (nSPS) is 21.1. The van der Waals surface area contributed by atoms with Gasteiger partial charge in [-0.05, 0) is 56.7 Å². The minimum Gasteiger partial charge on any atom is -0.498 e. The fraction of sp³-hybridized carbons (Fsp3) is 0.500. The summed E-state index contributed by atoms with van der Waals surface area (Å²) in [6.45, 7) is 7.63. The van der Waals surface area contributed by atoms with Gasteiger partial charge in [-0.1, -0.05) is 25.1 Å². The number of halogens is 2. The first-order valence-corrected chi connectivity index (χ1v) is 10.2. The SMILES string of the molecule is C=CCCC1CCC(c2ccc(OC/C(CC)=C(F)/C(F)=C(\C)OC)cc2)CO1. The summed E-state index contributed by atoms with van der Waals surface area (Å²) in [5.41, 5.74) is 1.47. The van der Waals surface area contributed by atoms with Crippen LogP contribution in [0.2, 0.25) is 0 Å². The van der Waals surface area contributed by atoms with Gasteiger partial charge >= 0.3 is 0 Å². The Labute approximate surface area is 173 Å². The molecular weight excluding hydrogens is 374 g/mol. The van der Waals surface area contributed by atoms with Gasteiger partial charge < -0.3 is 14.2 Å². The van der Waals surface area contributed by atoms with Gasteiger partial charge in [0.1, 0.15) is 18.1 Å². The van der Waals surface area contributed by atoms with E-state index in [-0.39, 0.29) is 17.9 Å². The van der Waals surface area contributed by atoms with Gasteiger partial charge in [0.25, 0.3) is 0 Å². The molecule has 0 bridgehead atoms. The molecule has 0 aromatic heterocycles. The van der Waals surface area contributed by atoms with E-state index < -0.39 is 11.7 Å². The lowest BCUT2D eigenvalue weighted by Gasteiger charge is -2.29. The van der Waals surface area contributed by atoms with Crippen molar-refractivity contribution >= 4 is 0 Å². The van der Waals surface area contributed by atoms with E-state index in [0.717, 1.165) is 32.3 Å². The van der Waals surface area contributed by atoms with Crippen LogP contribution < -0.4 is 4.74 Å². The Kier molecular flexibility index (Phi) is 9.39. The number of rotatable bonds is 10. The first-order valence-electron chi connectivity index (χ1n) is 10.2. The van der Waals surface area contributed by atoms with Gasteiger partial charge in [0.05, 0.1) is 19.8 Å². The lowest BCUT2D eigenvalue weighted by molar-refractivity contribution is -0.000182. The van der Waals surface area contributed by atoms with E-state index in [9.17, 15) is 8.78 Å². The molecule has 0 spiro atoms. The highest BCUT2D eigenvalue weighted by atomic mass is 19.2. The molecule has 1 aliphatic heterocycles. The molecule has 5 heteroatoms. The molecule has 0 aliphatic carbocycles. The van der Waals surface area contributed by atoms with Crippen LogP contribution in [0.15, 0.2) is 59.9 Å². The molecule has 1 aromatic rings. The Bertz CT molecular complexity index is 714. The second-order valence-electron chi connectivity index (χ2n) is 7.30. The topological polar surface area (TPSA) is 27.7 Å². The molecule has 2 rings (SSSR count). The average Bonchev–Trinajstić information content (AvgIpc) is 2.77. The summed E-state index contributed by atoms with van der Waals surface area (Å²) < 4.78 is 44.7. The molecular formula is C24H32F2O3. The Hall–Kier alpha value is -2.14. The second kappa shape index (κ2) is 11.8. The fourth-order valence-corrected chi connectivity index (χ4v) is 3.33. The Morgan fingerprint density at radius 2 is 1.93 bits per heavy atom. The number of benzene rings is 1. The molecule has 0 N–H and O–H groups in total. The highest BCUT2D eigenvalue weighted by Gasteiger charge is 2.22. The summed E-state index contributed by atoms with van der Waals surface area (Å²) in [4.78, 5) is 0. The van der Waals surface area contributed by atoms with Crippen molar-refractivity contribution in [3.63, 3.8) is 0 Å². The molecule has 2 unspecified atom stereocenters. The van der Waals surface area contributed by atoms with Gasteiger partial charge in [0.15, 0.2) is 11.7 Å². The maximum atomic E-state index is 14.3. The van der Waals surface area contributed by atoms with Crippen LogP contribution in [0.4, 0.5) is 8.78 Å². The summed E-state index contributed by atoms with van der Waals surface area (Å²) in [5, 5.41) is 0. The van der Waals surface area contributed by atoms with Crippen LogP contribution in [0.1, 0.15) is 57.4 Å². The predicted molar refractivity (Wildman–Crippen MR) is 112 cm³/mol. The highest BCUT2D eigenvalue weighted by Crippen LogP contribution is 2.31. The minimum atomic E-state index is -0.980. The minimum absolute atomic E-state index is 0.0103. The van der Waals surface area contributed by atoms with Gasteiger partial charge in [-0.3, -0.25) is 0 Å². The molecule has 1 fully saturated rings. The number of hydrogen-bond acceptors (Lipinski definition) is 3. The third-order valence-electron chi connectivity index (χ3n) is 5.37. The van der Waals surface area contributed by atoms with Crippen molar-refractivity contribution < 1.29 is 23.0 Å². The molecule has 160 valence electrons. The third-order valence-corrected chi connectivity index (χ3v) is 5.37. The Morgan fingerprint density at radius 3 is 2.48 bits per heavy atom.